The van der Waals surface area contributed by atoms with E-state index in [1.807, 2.05) is 0 Å². The van der Waals surface area contributed by atoms with Crippen LogP contribution in [-0.4, -0.2) is 40.6 Å². The fourth-order valence-corrected chi connectivity index (χ4v) is 2.01. The number of amides is 1. The van der Waals surface area contributed by atoms with E-state index in [1.165, 1.54) is 11.8 Å². The summed E-state index contributed by atoms with van der Waals surface area (Å²) in [5.74, 6) is -0.511. The summed E-state index contributed by atoms with van der Waals surface area (Å²) in [6.45, 7) is 3.53. The van der Waals surface area contributed by atoms with Crippen molar-refractivity contribution >= 4 is 23.6 Å². The largest absolute Gasteiger partial charge is 0.480 e. The number of nitrogens with two attached hydrogens (primary N) is 1. The van der Waals surface area contributed by atoms with E-state index < -0.39 is 16.8 Å². The van der Waals surface area contributed by atoms with Gasteiger partial charge in [0.2, 0.25) is 5.91 Å². The second kappa shape index (κ2) is 5.97. The van der Waals surface area contributed by atoms with Gasteiger partial charge in [-0.15, -0.1) is 0 Å². The summed E-state index contributed by atoms with van der Waals surface area (Å²) in [5, 5.41) is 11.3. The van der Waals surface area contributed by atoms with E-state index in [0.717, 1.165) is 0 Å². The molecular weight excluding hydrogens is 216 g/mol. The van der Waals surface area contributed by atoms with E-state index in [9.17, 15) is 9.59 Å². The lowest BCUT2D eigenvalue weighted by atomic mass is 10.1. The van der Waals surface area contributed by atoms with Crippen LogP contribution in [0.2, 0.25) is 0 Å². The quantitative estimate of drug-likeness (QED) is 0.603. The number of carboxylic acids is 1. The van der Waals surface area contributed by atoms with E-state index in [2.05, 4.69) is 5.32 Å². The van der Waals surface area contributed by atoms with Gasteiger partial charge >= 0.3 is 5.97 Å². The number of nitrogens with one attached hydrogen (secondary N) is 1. The number of aliphatic carboxylic acids is 1. The zero-order valence-corrected chi connectivity index (χ0v) is 10.1. The van der Waals surface area contributed by atoms with E-state index in [-0.39, 0.29) is 5.91 Å². The Morgan fingerprint density at radius 3 is 2.47 bits per heavy atom. The lowest BCUT2D eigenvalue weighted by Gasteiger charge is -2.27. The summed E-state index contributed by atoms with van der Waals surface area (Å²) in [6, 6.07) is -0.924. The fraction of sp³-hybridized carbons (Fsp3) is 0.778. The molecule has 5 nitrogen and oxygen atoms in total. The molecule has 0 aromatic heterocycles. The third-order valence-electron chi connectivity index (χ3n) is 2.10. The predicted octanol–water partition coefficient (Wildman–Crippen LogP) is 0.0462. The molecule has 0 aliphatic carbocycles. The lowest BCUT2D eigenvalue weighted by molar-refractivity contribution is -0.139. The Labute approximate surface area is 93.8 Å². The smallest absolute Gasteiger partial charge is 0.321 e. The molecule has 0 radical (unpaired) electrons. The van der Waals surface area contributed by atoms with Crippen molar-refractivity contribution in [2.75, 3.05) is 12.8 Å². The van der Waals surface area contributed by atoms with Crippen molar-refractivity contribution < 1.29 is 14.7 Å². The molecule has 0 aliphatic rings. The van der Waals surface area contributed by atoms with Crippen molar-refractivity contribution in [1.82, 2.24) is 5.32 Å². The highest BCUT2D eigenvalue weighted by atomic mass is 32.2. The summed E-state index contributed by atoms with van der Waals surface area (Å²) in [7, 11) is 1.57. The number of carbonyl (C=O) groups is 2. The summed E-state index contributed by atoms with van der Waals surface area (Å²) >= 11 is 1.39. The van der Waals surface area contributed by atoms with Crippen LogP contribution in [0.25, 0.3) is 0 Å². The van der Waals surface area contributed by atoms with Gasteiger partial charge in [-0.3, -0.25) is 9.59 Å². The topological polar surface area (TPSA) is 92.4 Å². The molecule has 0 rings (SSSR count). The Bertz CT molecular complexity index is 244. The SMILES string of the molecule is CNC(=O)CCSC(C)(C)[C@H](N)C(=O)O. The zero-order chi connectivity index (χ0) is 12.1. The van der Waals surface area contributed by atoms with Gasteiger partial charge in [0.25, 0.3) is 0 Å². The molecule has 88 valence electrons. The molecule has 1 atom stereocenters. The van der Waals surface area contributed by atoms with Crippen molar-refractivity contribution in [2.45, 2.75) is 31.1 Å². The first-order valence-corrected chi connectivity index (χ1v) is 5.62. The number of rotatable bonds is 6. The molecule has 6 heteroatoms. The van der Waals surface area contributed by atoms with Crippen LogP contribution in [0.1, 0.15) is 20.3 Å². The molecule has 15 heavy (non-hydrogen) atoms. The third-order valence-corrected chi connectivity index (χ3v) is 3.50. The van der Waals surface area contributed by atoms with Crippen LogP contribution in [-0.2, 0) is 9.59 Å². The van der Waals surface area contributed by atoms with Crippen molar-refractivity contribution in [3.63, 3.8) is 0 Å². The van der Waals surface area contributed by atoms with Crippen LogP contribution < -0.4 is 11.1 Å². The van der Waals surface area contributed by atoms with Gasteiger partial charge in [-0.05, 0) is 13.8 Å². The summed E-state index contributed by atoms with van der Waals surface area (Å²) in [5.41, 5.74) is 5.52. The van der Waals surface area contributed by atoms with Gasteiger partial charge in [-0.25, -0.2) is 0 Å². The van der Waals surface area contributed by atoms with Gasteiger partial charge in [0.1, 0.15) is 6.04 Å². The van der Waals surface area contributed by atoms with E-state index in [0.29, 0.717) is 12.2 Å². The van der Waals surface area contributed by atoms with Gasteiger partial charge in [-0.2, -0.15) is 11.8 Å². The number of hydrogen-bond donors (Lipinski definition) is 3. The molecule has 0 saturated carbocycles. The van der Waals surface area contributed by atoms with Gasteiger partial charge in [0, 0.05) is 24.0 Å². The van der Waals surface area contributed by atoms with Crippen LogP contribution in [0.3, 0.4) is 0 Å². The molecule has 0 bridgehead atoms. The summed E-state index contributed by atoms with van der Waals surface area (Å²) in [4.78, 5) is 21.6. The molecule has 4 N–H and O–H groups in total. The number of hydrogen-bond acceptors (Lipinski definition) is 4. The predicted molar refractivity (Wildman–Crippen MR) is 60.8 cm³/mol. The first-order chi connectivity index (χ1) is 6.81. The molecule has 0 aromatic rings. The maximum absolute atomic E-state index is 10.9. The highest BCUT2D eigenvalue weighted by Gasteiger charge is 2.32. The molecular formula is C9H18N2O3S. The fourth-order valence-electron chi connectivity index (χ4n) is 0.919. The lowest BCUT2D eigenvalue weighted by Crippen LogP contribution is -2.47. The highest BCUT2D eigenvalue weighted by molar-refractivity contribution is 8.00. The summed E-state index contributed by atoms with van der Waals surface area (Å²) in [6.07, 6.45) is 0.372. The number of carbonyl (C=O) groups excluding carboxylic acids is 1. The standard InChI is InChI=1S/C9H18N2O3S/c1-9(2,7(10)8(13)14)15-5-4-6(12)11-3/h7H,4-5,10H2,1-3H3,(H,11,12)(H,13,14)/t7-/m1/s1. The first-order valence-electron chi connectivity index (χ1n) is 4.64. The number of carboxylic acid groups (broad SMARTS) is 1. The second-order valence-corrected chi connectivity index (χ2v) is 5.44. The Hall–Kier alpha value is -0.750. The van der Waals surface area contributed by atoms with Crippen LogP contribution in [0.15, 0.2) is 0 Å². The minimum absolute atomic E-state index is 0.0535. The van der Waals surface area contributed by atoms with Gasteiger partial charge in [-0.1, -0.05) is 0 Å². The molecule has 0 spiro atoms. The van der Waals surface area contributed by atoms with Gasteiger partial charge in [0.15, 0.2) is 0 Å². The van der Waals surface area contributed by atoms with Crippen LogP contribution in [0, 0.1) is 0 Å². The van der Waals surface area contributed by atoms with Crippen molar-refractivity contribution in [2.24, 2.45) is 5.73 Å². The molecule has 0 heterocycles. The Morgan fingerprint density at radius 2 is 2.07 bits per heavy atom. The van der Waals surface area contributed by atoms with Crippen molar-refractivity contribution in [1.29, 1.82) is 0 Å². The minimum atomic E-state index is -1.02. The molecule has 0 unspecified atom stereocenters. The van der Waals surface area contributed by atoms with Crippen molar-refractivity contribution in [3.05, 3.63) is 0 Å². The van der Waals surface area contributed by atoms with E-state index in [4.69, 9.17) is 10.8 Å². The number of thioether (sulfide) groups is 1. The molecule has 0 aromatic carbocycles. The zero-order valence-electron chi connectivity index (χ0n) is 9.24. The van der Waals surface area contributed by atoms with Crippen LogP contribution in [0.5, 0.6) is 0 Å². The Morgan fingerprint density at radius 1 is 1.53 bits per heavy atom. The second-order valence-electron chi connectivity index (χ2n) is 3.69. The average molecular weight is 234 g/mol. The van der Waals surface area contributed by atoms with E-state index in [1.54, 1.807) is 20.9 Å². The Balaban J connectivity index is 4.04. The first kappa shape index (κ1) is 14.2. The maximum Gasteiger partial charge on any atom is 0.321 e. The Kier molecular flexibility index (Phi) is 5.67. The summed E-state index contributed by atoms with van der Waals surface area (Å²) < 4.78 is -0.570. The van der Waals surface area contributed by atoms with Crippen LogP contribution >= 0.6 is 11.8 Å². The van der Waals surface area contributed by atoms with Crippen LogP contribution in [0.4, 0.5) is 0 Å². The molecule has 0 fully saturated rings. The van der Waals surface area contributed by atoms with Gasteiger partial charge < -0.3 is 16.2 Å². The monoisotopic (exact) mass is 234 g/mol. The van der Waals surface area contributed by atoms with E-state index >= 15 is 0 Å². The molecule has 0 saturated heterocycles. The molecule has 1 amide bonds. The average Bonchev–Trinajstić information content (AvgIpc) is 2.15. The minimum Gasteiger partial charge on any atom is -0.480 e. The molecule has 0 aliphatic heterocycles. The van der Waals surface area contributed by atoms with Crippen molar-refractivity contribution in [3.8, 4) is 0 Å². The normalized spacial score (nSPS) is 13.3. The highest BCUT2D eigenvalue weighted by Crippen LogP contribution is 2.27. The third kappa shape index (κ3) is 5.03. The maximum atomic E-state index is 10.9. The van der Waals surface area contributed by atoms with Gasteiger partial charge in [0.05, 0.1) is 0 Å².